The number of rotatable bonds is 5. The van der Waals surface area contributed by atoms with E-state index in [1.807, 2.05) is 65.1 Å². The Morgan fingerprint density at radius 3 is 2.80 bits per heavy atom. The van der Waals surface area contributed by atoms with Crippen molar-refractivity contribution in [2.45, 2.75) is 0 Å². The fourth-order valence-electron chi connectivity index (χ4n) is 2.28. The van der Waals surface area contributed by atoms with Crippen molar-refractivity contribution < 1.29 is 14.6 Å². The van der Waals surface area contributed by atoms with E-state index in [1.165, 1.54) is 6.21 Å². The minimum Gasteiger partial charge on any atom is -0.507 e. The van der Waals surface area contributed by atoms with Crippen LogP contribution in [0.3, 0.4) is 0 Å². The summed E-state index contributed by atoms with van der Waals surface area (Å²) in [5.74, 6) is 0.522. The van der Waals surface area contributed by atoms with E-state index in [0.717, 1.165) is 16.3 Å². The van der Waals surface area contributed by atoms with Crippen molar-refractivity contribution in [3.05, 3.63) is 69.8 Å². The molecule has 3 aromatic rings. The summed E-state index contributed by atoms with van der Waals surface area (Å²) in [6.07, 6.45) is 1.51. The van der Waals surface area contributed by atoms with Gasteiger partial charge in [-0.05, 0) is 57.8 Å². The molecule has 0 aliphatic heterocycles. The Morgan fingerprint density at radius 2 is 1.96 bits per heavy atom. The monoisotopic (exact) mass is 446 g/mol. The molecule has 3 rings (SSSR count). The van der Waals surface area contributed by atoms with Gasteiger partial charge >= 0.3 is 0 Å². The number of phenolic OH excluding ortho intramolecular Hbond substituents is 1. The van der Waals surface area contributed by atoms with Crippen LogP contribution in [0.1, 0.15) is 5.56 Å². The maximum Gasteiger partial charge on any atom is 0.277 e. The van der Waals surface area contributed by atoms with Gasteiger partial charge in [0.1, 0.15) is 11.5 Å². The highest BCUT2D eigenvalue weighted by Crippen LogP contribution is 2.25. The van der Waals surface area contributed by atoms with Crippen LogP contribution in [0.15, 0.2) is 65.8 Å². The summed E-state index contributed by atoms with van der Waals surface area (Å²) in [5, 5.41) is 15.4. The number of hydrogen-bond donors (Lipinski definition) is 2. The van der Waals surface area contributed by atoms with Gasteiger partial charge in [0.05, 0.1) is 9.78 Å². The van der Waals surface area contributed by atoms with Crippen molar-refractivity contribution in [3.63, 3.8) is 0 Å². The fourth-order valence-corrected chi connectivity index (χ4v) is 2.82. The number of hydrazone groups is 1. The molecule has 0 saturated carbocycles. The van der Waals surface area contributed by atoms with E-state index in [1.54, 1.807) is 18.2 Å². The second-order valence-corrected chi connectivity index (χ2v) is 6.43. The van der Waals surface area contributed by atoms with E-state index >= 15 is 0 Å². The Hall–Kier alpha value is -2.61. The van der Waals surface area contributed by atoms with Crippen LogP contribution in [0.4, 0.5) is 0 Å². The number of carbonyl (C=O) groups is 1. The number of fused-ring (bicyclic) bond motifs is 1. The van der Waals surface area contributed by atoms with Crippen molar-refractivity contribution in [1.29, 1.82) is 0 Å². The molecule has 0 heterocycles. The van der Waals surface area contributed by atoms with E-state index in [0.29, 0.717) is 9.32 Å². The van der Waals surface area contributed by atoms with E-state index in [-0.39, 0.29) is 18.3 Å². The number of benzene rings is 3. The third kappa shape index (κ3) is 4.48. The van der Waals surface area contributed by atoms with E-state index in [4.69, 9.17) is 4.74 Å². The van der Waals surface area contributed by atoms with Crippen LogP contribution in [0.2, 0.25) is 0 Å². The van der Waals surface area contributed by atoms with Gasteiger partial charge in [0.15, 0.2) is 6.61 Å². The summed E-state index contributed by atoms with van der Waals surface area (Å²) in [6, 6.07) is 18.6. The SMILES string of the molecule is O=C(COc1cccc2ccccc12)N/N=C/c1ccc(O)c(I)c1. The molecule has 5 nitrogen and oxygen atoms in total. The minimum atomic E-state index is -0.349. The quantitative estimate of drug-likeness (QED) is 0.357. The van der Waals surface area contributed by atoms with Crippen molar-refractivity contribution >= 4 is 45.5 Å². The summed E-state index contributed by atoms with van der Waals surface area (Å²) >= 11 is 2.02. The normalized spacial score (nSPS) is 10.9. The third-order valence-corrected chi connectivity index (χ3v) is 4.35. The smallest absolute Gasteiger partial charge is 0.277 e. The first-order valence-corrected chi connectivity index (χ1v) is 8.62. The number of ether oxygens (including phenoxy) is 1. The summed E-state index contributed by atoms with van der Waals surface area (Å²) in [4.78, 5) is 11.9. The molecule has 0 atom stereocenters. The van der Waals surface area contributed by atoms with Crippen LogP contribution < -0.4 is 10.2 Å². The molecule has 25 heavy (non-hydrogen) atoms. The molecule has 0 spiro atoms. The Kier molecular flexibility index (Phi) is 5.49. The fraction of sp³-hybridized carbons (Fsp3) is 0.0526. The largest absolute Gasteiger partial charge is 0.507 e. The van der Waals surface area contributed by atoms with Crippen LogP contribution in [-0.4, -0.2) is 23.8 Å². The molecule has 126 valence electrons. The second-order valence-electron chi connectivity index (χ2n) is 5.27. The van der Waals surface area contributed by atoms with Gasteiger partial charge in [-0.25, -0.2) is 5.43 Å². The summed E-state index contributed by atoms with van der Waals surface area (Å²) in [6.45, 7) is -0.127. The lowest BCUT2D eigenvalue weighted by atomic mass is 10.1. The number of carbonyl (C=O) groups excluding carboxylic acids is 1. The van der Waals surface area contributed by atoms with Gasteiger partial charge in [-0.1, -0.05) is 36.4 Å². The first-order chi connectivity index (χ1) is 12.1. The molecule has 0 unspecified atom stereocenters. The zero-order chi connectivity index (χ0) is 17.6. The van der Waals surface area contributed by atoms with Crippen LogP contribution >= 0.6 is 22.6 Å². The molecule has 0 radical (unpaired) electrons. The van der Waals surface area contributed by atoms with Crippen molar-refractivity contribution in [2.24, 2.45) is 5.10 Å². The second kappa shape index (κ2) is 7.98. The standard InChI is InChI=1S/C19H15IN2O3/c20-16-10-13(8-9-17(16)23)11-21-22-19(24)12-25-18-7-3-5-14-4-1-2-6-15(14)18/h1-11,23H,12H2,(H,22,24)/b21-11+. The van der Waals surface area contributed by atoms with Gasteiger partial charge in [-0.3, -0.25) is 4.79 Å². The molecule has 0 aliphatic carbocycles. The average molecular weight is 446 g/mol. The highest BCUT2D eigenvalue weighted by molar-refractivity contribution is 14.1. The Labute approximate surface area is 158 Å². The number of hydrogen-bond acceptors (Lipinski definition) is 4. The molecular formula is C19H15IN2O3. The van der Waals surface area contributed by atoms with Crippen molar-refractivity contribution in [1.82, 2.24) is 5.43 Å². The molecule has 2 N–H and O–H groups in total. The first-order valence-electron chi connectivity index (χ1n) is 7.54. The van der Waals surface area contributed by atoms with E-state index < -0.39 is 0 Å². The Morgan fingerprint density at radius 1 is 1.16 bits per heavy atom. The van der Waals surface area contributed by atoms with E-state index in [9.17, 15) is 9.90 Å². The molecule has 0 fully saturated rings. The van der Waals surface area contributed by atoms with Crippen LogP contribution in [-0.2, 0) is 4.79 Å². The topological polar surface area (TPSA) is 70.9 Å². The summed E-state index contributed by atoms with van der Waals surface area (Å²) in [7, 11) is 0. The number of nitrogens with zero attached hydrogens (tertiary/aromatic N) is 1. The minimum absolute atomic E-state index is 0.127. The van der Waals surface area contributed by atoms with Gasteiger partial charge in [0.2, 0.25) is 0 Å². The maximum absolute atomic E-state index is 11.9. The average Bonchev–Trinajstić information content (AvgIpc) is 2.63. The highest BCUT2D eigenvalue weighted by Gasteiger charge is 2.05. The third-order valence-electron chi connectivity index (χ3n) is 3.48. The first kappa shape index (κ1) is 17.2. The highest BCUT2D eigenvalue weighted by atomic mass is 127. The molecule has 0 aliphatic rings. The van der Waals surface area contributed by atoms with Gasteiger partial charge in [-0.15, -0.1) is 0 Å². The Balaban J connectivity index is 1.57. The van der Waals surface area contributed by atoms with Gasteiger partial charge in [0, 0.05) is 5.39 Å². The molecule has 3 aromatic carbocycles. The van der Waals surface area contributed by atoms with Crippen LogP contribution in [0.25, 0.3) is 10.8 Å². The van der Waals surface area contributed by atoms with Crippen LogP contribution in [0.5, 0.6) is 11.5 Å². The number of aromatic hydroxyl groups is 1. The zero-order valence-electron chi connectivity index (χ0n) is 13.1. The predicted molar refractivity (Wildman–Crippen MR) is 106 cm³/mol. The predicted octanol–water partition coefficient (Wildman–Crippen LogP) is 3.68. The van der Waals surface area contributed by atoms with Crippen molar-refractivity contribution in [3.8, 4) is 11.5 Å². The van der Waals surface area contributed by atoms with Gasteiger partial charge in [0.25, 0.3) is 5.91 Å². The molecule has 6 heteroatoms. The van der Waals surface area contributed by atoms with Gasteiger partial charge in [-0.2, -0.15) is 5.10 Å². The molecule has 0 aromatic heterocycles. The molecule has 0 bridgehead atoms. The number of halogens is 1. The summed E-state index contributed by atoms with van der Waals surface area (Å²) < 4.78 is 6.31. The maximum atomic E-state index is 11.9. The van der Waals surface area contributed by atoms with Crippen LogP contribution in [0, 0.1) is 3.57 Å². The zero-order valence-corrected chi connectivity index (χ0v) is 15.3. The lowest BCUT2D eigenvalue weighted by molar-refractivity contribution is -0.123. The molecule has 1 amide bonds. The molecule has 0 saturated heterocycles. The summed E-state index contributed by atoms with van der Waals surface area (Å²) in [5.41, 5.74) is 3.20. The van der Waals surface area contributed by atoms with Gasteiger partial charge < -0.3 is 9.84 Å². The molecular weight excluding hydrogens is 431 g/mol. The number of phenols is 1. The number of nitrogens with one attached hydrogen (secondary N) is 1. The Bertz CT molecular complexity index is 936. The lowest BCUT2D eigenvalue weighted by Crippen LogP contribution is -2.24. The van der Waals surface area contributed by atoms with Crippen molar-refractivity contribution in [2.75, 3.05) is 6.61 Å². The number of amides is 1. The lowest BCUT2D eigenvalue weighted by Gasteiger charge is -2.08. The van der Waals surface area contributed by atoms with E-state index in [2.05, 4.69) is 10.5 Å².